The molecule has 1 aliphatic carbocycles. The molecule has 0 radical (unpaired) electrons. The van der Waals surface area contributed by atoms with Crippen molar-refractivity contribution in [3.8, 4) is 0 Å². The van der Waals surface area contributed by atoms with Gasteiger partial charge in [0, 0.05) is 25.3 Å². The van der Waals surface area contributed by atoms with Gasteiger partial charge < -0.3 is 9.88 Å². The van der Waals surface area contributed by atoms with Gasteiger partial charge in [-0.25, -0.2) is 4.98 Å². The first-order chi connectivity index (χ1) is 8.36. The van der Waals surface area contributed by atoms with Crippen LogP contribution < -0.4 is 5.32 Å². The molecule has 0 amide bonds. The maximum absolute atomic E-state index is 4.30. The number of hydrogen-bond acceptors (Lipinski definition) is 3. The Hall–Kier alpha value is -0.870. The Morgan fingerprint density at radius 2 is 2.29 bits per heavy atom. The third-order valence-electron chi connectivity index (χ3n) is 3.93. The van der Waals surface area contributed by atoms with Crippen LogP contribution in [-0.4, -0.2) is 41.1 Å². The number of nitrogens with one attached hydrogen (secondary N) is 1. The van der Waals surface area contributed by atoms with Gasteiger partial charge in [-0.15, -0.1) is 0 Å². The van der Waals surface area contributed by atoms with Crippen molar-refractivity contribution < 1.29 is 0 Å². The molecule has 94 valence electrons. The monoisotopic (exact) mass is 234 g/mol. The van der Waals surface area contributed by atoms with E-state index in [-0.39, 0.29) is 0 Å². The van der Waals surface area contributed by atoms with E-state index in [1.807, 2.05) is 19.6 Å². The Morgan fingerprint density at radius 3 is 3.06 bits per heavy atom. The molecule has 2 fully saturated rings. The lowest BCUT2D eigenvalue weighted by Gasteiger charge is -2.17. The highest BCUT2D eigenvalue weighted by Crippen LogP contribution is 2.36. The van der Waals surface area contributed by atoms with Gasteiger partial charge in [0.2, 0.25) is 0 Å². The smallest absolute Gasteiger partial charge is 0.0951 e. The van der Waals surface area contributed by atoms with Crippen molar-refractivity contribution in [3.63, 3.8) is 0 Å². The van der Waals surface area contributed by atoms with Crippen molar-refractivity contribution in [2.24, 2.45) is 5.92 Å². The normalized spacial score (nSPS) is 25.6. The second-order valence-electron chi connectivity index (χ2n) is 5.47. The highest BCUT2D eigenvalue weighted by atomic mass is 15.2. The molecule has 1 atom stereocenters. The van der Waals surface area contributed by atoms with Crippen LogP contribution in [0.4, 0.5) is 0 Å². The van der Waals surface area contributed by atoms with Crippen LogP contribution in [0.5, 0.6) is 0 Å². The summed E-state index contributed by atoms with van der Waals surface area (Å²) < 4.78 is 2.38. The first kappa shape index (κ1) is 11.2. The van der Waals surface area contributed by atoms with Crippen LogP contribution in [0.1, 0.15) is 31.0 Å². The molecule has 2 aliphatic rings. The lowest BCUT2D eigenvalue weighted by atomic mass is 10.1. The summed E-state index contributed by atoms with van der Waals surface area (Å²) >= 11 is 0. The molecule has 2 heterocycles. The van der Waals surface area contributed by atoms with Crippen LogP contribution in [0.25, 0.3) is 0 Å². The van der Waals surface area contributed by atoms with Crippen LogP contribution in [0.2, 0.25) is 0 Å². The summed E-state index contributed by atoms with van der Waals surface area (Å²) in [5.41, 5.74) is 1.40. The summed E-state index contributed by atoms with van der Waals surface area (Å²) in [5, 5.41) is 3.28. The van der Waals surface area contributed by atoms with Crippen LogP contribution >= 0.6 is 0 Å². The van der Waals surface area contributed by atoms with Gasteiger partial charge in [-0.2, -0.15) is 0 Å². The van der Waals surface area contributed by atoms with Crippen molar-refractivity contribution >= 4 is 0 Å². The molecule has 3 rings (SSSR count). The van der Waals surface area contributed by atoms with Gasteiger partial charge in [-0.3, -0.25) is 4.90 Å². The fourth-order valence-corrected chi connectivity index (χ4v) is 2.88. The topological polar surface area (TPSA) is 33.1 Å². The second-order valence-corrected chi connectivity index (χ2v) is 5.47. The first-order valence-electron chi connectivity index (χ1n) is 6.74. The molecule has 4 heteroatoms. The molecular formula is C13H22N4. The van der Waals surface area contributed by atoms with Crippen LogP contribution in [-0.2, 0) is 6.54 Å². The van der Waals surface area contributed by atoms with E-state index in [4.69, 9.17) is 0 Å². The van der Waals surface area contributed by atoms with Gasteiger partial charge in [0.05, 0.1) is 12.0 Å². The van der Waals surface area contributed by atoms with Gasteiger partial charge in [0.15, 0.2) is 0 Å². The molecule has 1 saturated heterocycles. The minimum atomic E-state index is 0.753. The summed E-state index contributed by atoms with van der Waals surface area (Å²) in [7, 11) is 2.05. The van der Waals surface area contributed by atoms with Crippen molar-refractivity contribution in [1.82, 2.24) is 19.8 Å². The summed E-state index contributed by atoms with van der Waals surface area (Å²) in [6, 6.07) is 0.753. The van der Waals surface area contributed by atoms with Crippen LogP contribution in [0.15, 0.2) is 12.5 Å². The van der Waals surface area contributed by atoms with Crippen molar-refractivity contribution in [2.45, 2.75) is 31.8 Å². The molecule has 0 bridgehead atoms. The summed E-state index contributed by atoms with van der Waals surface area (Å²) in [6.07, 6.45) is 8.06. The molecule has 1 N–H and O–H groups in total. The number of likely N-dealkylation sites (tertiary alicyclic amines) is 1. The lowest BCUT2D eigenvalue weighted by Crippen LogP contribution is -2.25. The Bertz CT molecular complexity index is 369. The molecule has 1 unspecified atom stereocenters. The summed E-state index contributed by atoms with van der Waals surface area (Å²) in [6.45, 7) is 4.70. The Morgan fingerprint density at radius 1 is 1.41 bits per heavy atom. The van der Waals surface area contributed by atoms with Gasteiger partial charge in [0.25, 0.3) is 0 Å². The number of nitrogens with zero attached hydrogens (tertiary/aromatic N) is 3. The Labute approximate surface area is 103 Å². The van der Waals surface area contributed by atoms with E-state index in [0.717, 1.165) is 25.0 Å². The van der Waals surface area contributed by atoms with E-state index in [1.54, 1.807) is 0 Å². The number of imidazole rings is 1. The molecule has 0 aromatic carbocycles. The minimum absolute atomic E-state index is 0.753. The molecule has 0 spiro atoms. The van der Waals surface area contributed by atoms with Crippen molar-refractivity contribution in [1.29, 1.82) is 0 Å². The zero-order valence-electron chi connectivity index (χ0n) is 10.6. The Balaban J connectivity index is 1.58. The fourth-order valence-electron chi connectivity index (χ4n) is 2.88. The van der Waals surface area contributed by atoms with Gasteiger partial charge in [-0.1, -0.05) is 0 Å². The molecule has 17 heavy (non-hydrogen) atoms. The zero-order chi connectivity index (χ0) is 11.7. The van der Waals surface area contributed by atoms with E-state index in [0.29, 0.717) is 0 Å². The van der Waals surface area contributed by atoms with Gasteiger partial charge in [-0.05, 0) is 45.3 Å². The minimum Gasteiger partial charge on any atom is -0.330 e. The number of aromatic nitrogens is 2. The lowest BCUT2D eigenvalue weighted by molar-refractivity contribution is 0.306. The van der Waals surface area contributed by atoms with Crippen molar-refractivity contribution in [2.75, 3.05) is 26.7 Å². The number of rotatable bonds is 5. The molecule has 4 nitrogen and oxygen atoms in total. The SMILES string of the molecule is CNCC1CCN(Cc2cncn2C2CC2)C1. The van der Waals surface area contributed by atoms with Crippen LogP contribution in [0.3, 0.4) is 0 Å². The predicted octanol–water partition coefficient (Wildman–Crippen LogP) is 1.26. The van der Waals surface area contributed by atoms with Crippen LogP contribution in [0, 0.1) is 5.92 Å². The molecule has 1 aromatic heterocycles. The van der Waals surface area contributed by atoms with Crippen molar-refractivity contribution in [3.05, 3.63) is 18.2 Å². The molecular weight excluding hydrogens is 212 g/mol. The summed E-state index contributed by atoms with van der Waals surface area (Å²) in [5.74, 6) is 0.831. The average molecular weight is 234 g/mol. The molecule has 1 aromatic rings. The van der Waals surface area contributed by atoms with Gasteiger partial charge >= 0.3 is 0 Å². The largest absolute Gasteiger partial charge is 0.330 e. The molecule has 1 saturated carbocycles. The average Bonchev–Trinajstić information content (AvgIpc) is 2.91. The summed E-state index contributed by atoms with van der Waals surface area (Å²) in [4.78, 5) is 6.87. The quantitative estimate of drug-likeness (QED) is 0.832. The zero-order valence-corrected chi connectivity index (χ0v) is 10.6. The third kappa shape index (κ3) is 2.53. The third-order valence-corrected chi connectivity index (χ3v) is 3.93. The molecule has 1 aliphatic heterocycles. The predicted molar refractivity (Wildman–Crippen MR) is 67.8 cm³/mol. The maximum Gasteiger partial charge on any atom is 0.0951 e. The Kier molecular flexibility index (Phi) is 3.16. The van der Waals surface area contributed by atoms with Gasteiger partial charge in [0.1, 0.15) is 0 Å². The maximum atomic E-state index is 4.30. The van der Waals surface area contributed by atoms with E-state index >= 15 is 0 Å². The second kappa shape index (κ2) is 4.78. The van der Waals surface area contributed by atoms with E-state index in [1.165, 1.54) is 38.0 Å². The van der Waals surface area contributed by atoms with E-state index in [2.05, 4.69) is 19.8 Å². The highest BCUT2D eigenvalue weighted by molar-refractivity contribution is 5.04. The first-order valence-corrected chi connectivity index (χ1v) is 6.74. The van der Waals surface area contributed by atoms with E-state index < -0.39 is 0 Å². The standard InChI is InChI=1S/C13H22N4/c1-14-6-11-4-5-16(8-11)9-13-7-15-10-17(13)12-2-3-12/h7,10-12,14H,2-6,8-9H2,1H3. The number of hydrogen-bond donors (Lipinski definition) is 1. The highest BCUT2D eigenvalue weighted by Gasteiger charge is 2.27. The van der Waals surface area contributed by atoms with E-state index in [9.17, 15) is 0 Å². The fraction of sp³-hybridized carbons (Fsp3) is 0.769.